The molecule has 0 bridgehead atoms. The molecular weight excluding hydrogens is 408 g/mol. The molecule has 4 aromatic rings. The molecule has 33 heavy (non-hydrogen) atoms. The third kappa shape index (κ3) is 4.31. The van der Waals surface area contributed by atoms with E-state index < -0.39 is 0 Å². The molecule has 1 aromatic heterocycles. The zero-order valence-electron chi connectivity index (χ0n) is 19.2. The quantitative estimate of drug-likeness (QED) is 0.439. The topological polar surface area (TPSA) is 49.3 Å². The maximum atomic E-state index is 13.2. The van der Waals surface area contributed by atoms with Crippen LogP contribution in [-0.2, 0) is 0 Å². The first-order valence-corrected chi connectivity index (χ1v) is 11.5. The molecule has 0 atom stereocenters. The van der Waals surface area contributed by atoms with Gasteiger partial charge >= 0.3 is 0 Å². The Morgan fingerprint density at radius 3 is 2.24 bits per heavy atom. The third-order valence-electron chi connectivity index (χ3n) is 6.44. The second-order valence-corrected chi connectivity index (χ2v) is 8.68. The Kier molecular flexibility index (Phi) is 5.78. The van der Waals surface area contributed by atoms with Gasteiger partial charge in [0.25, 0.3) is 5.91 Å². The number of aryl methyl sites for hydroxylation is 2. The van der Waals surface area contributed by atoms with Gasteiger partial charge in [0.05, 0.1) is 11.0 Å². The van der Waals surface area contributed by atoms with Gasteiger partial charge in [0, 0.05) is 37.3 Å². The molecule has 5 heteroatoms. The first kappa shape index (κ1) is 21.1. The van der Waals surface area contributed by atoms with Crippen LogP contribution in [0.1, 0.15) is 27.9 Å². The van der Waals surface area contributed by atoms with Gasteiger partial charge in [-0.25, -0.2) is 9.97 Å². The zero-order valence-corrected chi connectivity index (χ0v) is 19.2. The Labute approximate surface area is 194 Å². The van der Waals surface area contributed by atoms with Crippen molar-refractivity contribution in [3.05, 3.63) is 89.5 Å². The number of para-hydroxylation sites is 2. The lowest BCUT2D eigenvalue weighted by Crippen LogP contribution is -2.35. The highest BCUT2D eigenvalue weighted by molar-refractivity contribution is 5.94. The van der Waals surface area contributed by atoms with E-state index in [-0.39, 0.29) is 5.91 Å². The van der Waals surface area contributed by atoms with Crippen molar-refractivity contribution >= 4 is 22.8 Å². The highest BCUT2D eigenvalue weighted by Gasteiger charge is 2.24. The maximum Gasteiger partial charge on any atom is 0.253 e. The molecule has 1 amide bonds. The summed E-state index contributed by atoms with van der Waals surface area (Å²) < 4.78 is 0. The molecule has 0 saturated carbocycles. The molecule has 0 aliphatic carbocycles. The molecular formula is C28H28N4O. The summed E-state index contributed by atoms with van der Waals surface area (Å²) in [5, 5.41) is 0. The number of fused-ring (bicyclic) bond motifs is 1. The number of anilines is 1. The summed E-state index contributed by atoms with van der Waals surface area (Å²) in [6.45, 7) is 7.09. The van der Waals surface area contributed by atoms with Crippen molar-refractivity contribution in [2.45, 2.75) is 20.3 Å². The molecule has 2 heterocycles. The summed E-state index contributed by atoms with van der Waals surface area (Å²) in [6.07, 6.45) is 0.888. The van der Waals surface area contributed by atoms with Crippen molar-refractivity contribution in [2.24, 2.45) is 0 Å². The number of benzene rings is 3. The van der Waals surface area contributed by atoms with Crippen LogP contribution in [0.25, 0.3) is 22.3 Å². The van der Waals surface area contributed by atoms with Gasteiger partial charge < -0.3 is 9.80 Å². The molecule has 5 rings (SSSR count). The standard InChI is InChI=1S/C28H28N4O/c1-20-13-14-23(19-21(20)2)28(33)32-16-8-15-31(17-18-32)27-26(22-9-4-3-5-10-22)29-24-11-6-7-12-25(24)30-27/h3-7,9-14,19H,8,15-18H2,1-2H3. The predicted octanol–water partition coefficient (Wildman–Crippen LogP) is 5.27. The minimum Gasteiger partial charge on any atom is -0.353 e. The molecule has 0 unspecified atom stereocenters. The van der Waals surface area contributed by atoms with Crippen molar-refractivity contribution in [1.29, 1.82) is 0 Å². The van der Waals surface area contributed by atoms with Crippen LogP contribution in [0.3, 0.4) is 0 Å². The van der Waals surface area contributed by atoms with Gasteiger partial charge in [0.15, 0.2) is 5.82 Å². The van der Waals surface area contributed by atoms with Crippen LogP contribution in [0.2, 0.25) is 0 Å². The predicted molar refractivity (Wildman–Crippen MR) is 134 cm³/mol. The summed E-state index contributed by atoms with van der Waals surface area (Å²) in [4.78, 5) is 27.5. The number of carbonyl (C=O) groups is 1. The Morgan fingerprint density at radius 2 is 1.48 bits per heavy atom. The highest BCUT2D eigenvalue weighted by atomic mass is 16.2. The number of aromatic nitrogens is 2. The normalized spacial score (nSPS) is 14.4. The van der Waals surface area contributed by atoms with E-state index in [2.05, 4.69) is 30.9 Å². The first-order chi connectivity index (χ1) is 16.1. The van der Waals surface area contributed by atoms with Crippen LogP contribution < -0.4 is 4.90 Å². The zero-order chi connectivity index (χ0) is 22.8. The van der Waals surface area contributed by atoms with Crippen LogP contribution in [0.5, 0.6) is 0 Å². The van der Waals surface area contributed by atoms with Gasteiger partial charge in [-0.3, -0.25) is 4.79 Å². The minimum atomic E-state index is 0.104. The number of hydrogen-bond donors (Lipinski definition) is 0. The fraction of sp³-hybridized carbons (Fsp3) is 0.250. The SMILES string of the molecule is Cc1ccc(C(=O)N2CCCN(c3nc4ccccc4nc3-c3ccccc3)CC2)cc1C. The summed E-state index contributed by atoms with van der Waals surface area (Å²) in [6, 6.07) is 24.2. The van der Waals surface area contributed by atoms with E-state index in [1.54, 1.807) is 0 Å². The van der Waals surface area contributed by atoms with E-state index in [9.17, 15) is 4.79 Å². The number of carbonyl (C=O) groups excluding carboxylic acids is 1. The Bertz CT molecular complexity index is 1300. The van der Waals surface area contributed by atoms with Crippen LogP contribution in [0.15, 0.2) is 72.8 Å². The Morgan fingerprint density at radius 1 is 0.758 bits per heavy atom. The van der Waals surface area contributed by atoms with Crippen molar-refractivity contribution in [1.82, 2.24) is 14.9 Å². The van der Waals surface area contributed by atoms with Crippen molar-refractivity contribution < 1.29 is 4.79 Å². The molecule has 5 nitrogen and oxygen atoms in total. The Balaban J connectivity index is 1.45. The van der Waals surface area contributed by atoms with Crippen LogP contribution >= 0.6 is 0 Å². The molecule has 166 valence electrons. The summed E-state index contributed by atoms with van der Waals surface area (Å²) >= 11 is 0. The maximum absolute atomic E-state index is 13.2. The van der Waals surface area contributed by atoms with Crippen molar-refractivity contribution in [2.75, 3.05) is 31.1 Å². The van der Waals surface area contributed by atoms with Gasteiger partial charge in [-0.2, -0.15) is 0 Å². The van der Waals surface area contributed by atoms with E-state index in [0.717, 1.165) is 65.3 Å². The fourth-order valence-corrected chi connectivity index (χ4v) is 4.39. The smallest absolute Gasteiger partial charge is 0.253 e. The molecule has 1 aliphatic heterocycles. The second-order valence-electron chi connectivity index (χ2n) is 8.68. The second kappa shape index (κ2) is 9.02. The van der Waals surface area contributed by atoms with E-state index in [4.69, 9.17) is 9.97 Å². The van der Waals surface area contributed by atoms with Gasteiger partial charge in [-0.1, -0.05) is 48.5 Å². The third-order valence-corrected chi connectivity index (χ3v) is 6.44. The highest BCUT2D eigenvalue weighted by Crippen LogP contribution is 2.30. The lowest BCUT2D eigenvalue weighted by atomic mass is 10.1. The van der Waals surface area contributed by atoms with E-state index in [0.29, 0.717) is 6.54 Å². The average Bonchev–Trinajstić information content (AvgIpc) is 3.11. The van der Waals surface area contributed by atoms with Gasteiger partial charge in [0.2, 0.25) is 0 Å². The van der Waals surface area contributed by atoms with E-state index >= 15 is 0 Å². The van der Waals surface area contributed by atoms with Crippen LogP contribution in [0, 0.1) is 13.8 Å². The van der Waals surface area contributed by atoms with Crippen molar-refractivity contribution in [3.63, 3.8) is 0 Å². The molecule has 0 spiro atoms. The largest absolute Gasteiger partial charge is 0.353 e. The number of amides is 1. The fourth-order valence-electron chi connectivity index (χ4n) is 4.39. The lowest BCUT2D eigenvalue weighted by Gasteiger charge is -2.25. The molecule has 3 aromatic carbocycles. The first-order valence-electron chi connectivity index (χ1n) is 11.5. The molecule has 1 saturated heterocycles. The molecule has 0 radical (unpaired) electrons. The number of nitrogens with zero attached hydrogens (tertiary/aromatic N) is 4. The van der Waals surface area contributed by atoms with E-state index in [1.807, 2.05) is 65.6 Å². The minimum absolute atomic E-state index is 0.104. The number of rotatable bonds is 3. The molecule has 1 fully saturated rings. The summed E-state index contributed by atoms with van der Waals surface area (Å²) in [5.41, 5.74) is 6.84. The molecule has 1 aliphatic rings. The van der Waals surface area contributed by atoms with Crippen molar-refractivity contribution in [3.8, 4) is 11.3 Å². The van der Waals surface area contributed by atoms with E-state index in [1.165, 1.54) is 5.56 Å². The Hall–Kier alpha value is -3.73. The lowest BCUT2D eigenvalue weighted by molar-refractivity contribution is 0.0767. The van der Waals surface area contributed by atoms with Crippen LogP contribution in [0.4, 0.5) is 5.82 Å². The van der Waals surface area contributed by atoms with Gasteiger partial charge in [0.1, 0.15) is 5.69 Å². The van der Waals surface area contributed by atoms with Gasteiger partial charge in [-0.05, 0) is 55.7 Å². The number of hydrogen-bond acceptors (Lipinski definition) is 4. The van der Waals surface area contributed by atoms with Gasteiger partial charge in [-0.15, -0.1) is 0 Å². The summed E-state index contributed by atoms with van der Waals surface area (Å²) in [5.74, 6) is 0.994. The monoisotopic (exact) mass is 436 g/mol. The van der Waals surface area contributed by atoms with Crippen LogP contribution in [-0.4, -0.2) is 47.0 Å². The molecule has 0 N–H and O–H groups in total. The average molecular weight is 437 g/mol. The summed E-state index contributed by atoms with van der Waals surface area (Å²) in [7, 11) is 0.